The predicted octanol–water partition coefficient (Wildman–Crippen LogP) is 0.750. The van der Waals surface area contributed by atoms with Crippen molar-refractivity contribution in [2.45, 2.75) is 6.92 Å². The van der Waals surface area contributed by atoms with Gasteiger partial charge in [0.2, 0.25) is 0 Å². The summed E-state index contributed by atoms with van der Waals surface area (Å²) in [4.78, 5) is 0. The number of nitrogens with two attached hydrogens (primary N) is 1. The second kappa shape index (κ2) is 3.55. The van der Waals surface area contributed by atoms with Crippen molar-refractivity contribution in [2.75, 3.05) is 5.73 Å². The molecule has 1 rings (SSSR count). The first-order valence-corrected chi connectivity index (χ1v) is 4.23. The lowest BCUT2D eigenvalue weighted by atomic mass is 10.2. The minimum atomic E-state index is -2.54. The van der Waals surface area contributed by atoms with Crippen molar-refractivity contribution in [1.29, 1.82) is 0 Å². The molecule has 1 unspecified atom stereocenters. The van der Waals surface area contributed by atoms with Crippen LogP contribution in [0.25, 0.3) is 0 Å². The van der Waals surface area contributed by atoms with Crippen molar-refractivity contribution in [1.82, 2.24) is 0 Å². The summed E-state index contributed by atoms with van der Waals surface area (Å²) < 4.78 is 24.6. The number of aryl methyl sites for hydroxylation is 1. The maximum absolute atomic E-state index is 10.1. The average Bonchev–Trinajstić information content (AvgIpc) is 1.96. The van der Waals surface area contributed by atoms with Gasteiger partial charge in [0.25, 0.3) is 0 Å². The summed E-state index contributed by atoms with van der Waals surface area (Å²) >= 11 is -2.54. The summed E-state index contributed by atoms with van der Waals surface area (Å²) in [5, 5.41) is 0. The van der Waals surface area contributed by atoms with Crippen LogP contribution in [-0.4, -0.2) is 8.76 Å². The molecular formula is C7H8NO3S-. The second-order valence-corrected chi connectivity index (χ2v) is 2.88. The smallest absolute Gasteiger partial charge is 0.141 e. The van der Waals surface area contributed by atoms with Gasteiger partial charge in [-0.05, 0) is 18.6 Å². The summed E-state index contributed by atoms with van der Waals surface area (Å²) in [7, 11) is 0. The Hall–Kier alpha value is -1.07. The highest BCUT2D eigenvalue weighted by Gasteiger charge is 1.96. The Bertz CT molecular complexity index is 314. The summed E-state index contributed by atoms with van der Waals surface area (Å²) in [6.45, 7) is 1.83. The van der Waals surface area contributed by atoms with Crippen LogP contribution in [0.5, 0.6) is 5.75 Å². The van der Waals surface area contributed by atoms with Gasteiger partial charge < -0.3 is 14.5 Å². The minimum Gasteiger partial charge on any atom is -0.740 e. The monoisotopic (exact) mass is 186 g/mol. The van der Waals surface area contributed by atoms with Crippen molar-refractivity contribution < 1.29 is 12.9 Å². The van der Waals surface area contributed by atoms with E-state index in [0.29, 0.717) is 5.69 Å². The molecule has 1 aromatic rings. The number of hydrogen-bond donors (Lipinski definition) is 1. The number of hydrogen-bond acceptors (Lipinski definition) is 4. The van der Waals surface area contributed by atoms with E-state index in [4.69, 9.17) is 5.73 Å². The Labute approximate surface area is 72.8 Å². The fourth-order valence-electron chi connectivity index (χ4n) is 0.749. The third-order valence-electron chi connectivity index (χ3n) is 1.41. The van der Waals surface area contributed by atoms with Crippen LogP contribution in [0.4, 0.5) is 5.69 Å². The molecule has 0 spiro atoms. The van der Waals surface area contributed by atoms with E-state index < -0.39 is 11.4 Å². The third kappa shape index (κ3) is 2.21. The molecule has 12 heavy (non-hydrogen) atoms. The molecule has 0 saturated heterocycles. The van der Waals surface area contributed by atoms with Crippen LogP contribution in [0.3, 0.4) is 0 Å². The molecule has 0 aliphatic carbocycles. The summed E-state index contributed by atoms with van der Waals surface area (Å²) in [5.74, 6) is 0.228. The van der Waals surface area contributed by atoms with E-state index >= 15 is 0 Å². The quantitative estimate of drug-likeness (QED) is 0.546. The summed E-state index contributed by atoms with van der Waals surface area (Å²) in [6.07, 6.45) is 0. The molecular weight excluding hydrogens is 178 g/mol. The third-order valence-corrected chi connectivity index (χ3v) is 1.74. The van der Waals surface area contributed by atoms with Crippen molar-refractivity contribution in [3.8, 4) is 5.75 Å². The zero-order chi connectivity index (χ0) is 9.14. The maximum Gasteiger partial charge on any atom is 0.141 e. The maximum atomic E-state index is 10.1. The Balaban J connectivity index is 2.89. The van der Waals surface area contributed by atoms with Crippen molar-refractivity contribution in [3.05, 3.63) is 23.8 Å². The Morgan fingerprint density at radius 3 is 2.75 bits per heavy atom. The highest BCUT2D eigenvalue weighted by molar-refractivity contribution is 7.74. The zero-order valence-corrected chi connectivity index (χ0v) is 7.26. The van der Waals surface area contributed by atoms with Crippen LogP contribution in [-0.2, 0) is 11.4 Å². The second-order valence-electron chi connectivity index (χ2n) is 2.31. The van der Waals surface area contributed by atoms with E-state index in [1.165, 1.54) is 6.07 Å². The van der Waals surface area contributed by atoms with E-state index in [9.17, 15) is 8.76 Å². The minimum absolute atomic E-state index is 0.228. The number of nitrogen functional groups attached to an aromatic ring is 1. The van der Waals surface area contributed by atoms with Crippen molar-refractivity contribution in [3.63, 3.8) is 0 Å². The summed E-state index contributed by atoms with van der Waals surface area (Å²) in [6, 6.07) is 4.70. The number of benzene rings is 1. The summed E-state index contributed by atoms with van der Waals surface area (Å²) in [5.41, 5.74) is 6.92. The first kappa shape index (κ1) is 9.02. The molecule has 0 aromatic heterocycles. The molecule has 1 aromatic carbocycles. The SMILES string of the molecule is Cc1ccc(OS(=O)[O-])cc1N. The number of rotatable bonds is 2. The van der Waals surface area contributed by atoms with Crippen LogP contribution < -0.4 is 9.92 Å². The standard InChI is InChI=1S/C7H9NO3S/c1-5-2-3-6(4-7(5)8)11-12(9)10/h2-4H,8H2,1H3,(H,9,10)/p-1. The lowest BCUT2D eigenvalue weighted by molar-refractivity contribution is 0.440. The van der Waals surface area contributed by atoms with Crippen LogP contribution in [0.15, 0.2) is 18.2 Å². The topological polar surface area (TPSA) is 75.4 Å². The Kier molecular flexibility index (Phi) is 2.67. The van der Waals surface area contributed by atoms with Gasteiger partial charge in [0, 0.05) is 11.8 Å². The van der Waals surface area contributed by atoms with Gasteiger partial charge in [-0.25, -0.2) is 4.21 Å². The first-order chi connectivity index (χ1) is 5.59. The van der Waals surface area contributed by atoms with Gasteiger partial charge >= 0.3 is 0 Å². The van der Waals surface area contributed by atoms with Gasteiger partial charge in [-0.15, -0.1) is 0 Å². The van der Waals surface area contributed by atoms with E-state index in [1.54, 1.807) is 12.1 Å². The van der Waals surface area contributed by atoms with Crippen LogP contribution in [0.2, 0.25) is 0 Å². The average molecular weight is 186 g/mol. The Morgan fingerprint density at radius 1 is 1.58 bits per heavy atom. The molecule has 0 aliphatic heterocycles. The highest BCUT2D eigenvalue weighted by Crippen LogP contribution is 2.19. The molecule has 0 amide bonds. The van der Waals surface area contributed by atoms with Crippen LogP contribution >= 0.6 is 0 Å². The lowest BCUT2D eigenvalue weighted by Gasteiger charge is -2.08. The molecule has 0 aliphatic rings. The van der Waals surface area contributed by atoms with Crippen LogP contribution in [0.1, 0.15) is 5.56 Å². The van der Waals surface area contributed by atoms with Crippen molar-refractivity contribution in [2.24, 2.45) is 0 Å². The molecule has 0 bridgehead atoms. The number of anilines is 1. The van der Waals surface area contributed by atoms with Gasteiger partial charge in [0.1, 0.15) is 17.1 Å². The first-order valence-electron chi connectivity index (χ1n) is 3.23. The van der Waals surface area contributed by atoms with E-state index in [2.05, 4.69) is 4.18 Å². The molecule has 4 nitrogen and oxygen atoms in total. The predicted molar refractivity (Wildman–Crippen MR) is 45.1 cm³/mol. The van der Waals surface area contributed by atoms with Gasteiger partial charge in [0.15, 0.2) is 0 Å². The molecule has 0 radical (unpaired) electrons. The molecule has 0 heterocycles. The Morgan fingerprint density at radius 2 is 2.25 bits per heavy atom. The van der Waals surface area contributed by atoms with Gasteiger partial charge in [-0.1, -0.05) is 6.07 Å². The lowest BCUT2D eigenvalue weighted by Crippen LogP contribution is -1.99. The van der Waals surface area contributed by atoms with E-state index in [-0.39, 0.29) is 5.75 Å². The molecule has 0 saturated carbocycles. The fraction of sp³-hybridized carbons (Fsp3) is 0.143. The fourth-order valence-corrected chi connectivity index (χ4v) is 1.01. The molecule has 1 atom stereocenters. The van der Waals surface area contributed by atoms with Gasteiger partial charge in [-0.3, -0.25) is 0 Å². The molecule has 5 heteroatoms. The van der Waals surface area contributed by atoms with E-state index in [0.717, 1.165) is 5.56 Å². The van der Waals surface area contributed by atoms with Crippen LogP contribution in [0, 0.1) is 6.92 Å². The van der Waals surface area contributed by atoms with Gasteiger partial charge in [-0.2, -0.15) is 0 Å². The molecule has 0 fully saturated rings. The van der Waals surface area contributed by atoms with E-state index in [1.807, 2.05) is 6.92 Å². The van der Waals surface area contributed by atoms with Gasteiger partial charge in [0.05, 0.1) is 0 Å². The largest absolute Gasteiger partial charge is 0.740 e. The normalized spacial score (nSPS) is 12.5. The molecule has 66 valence electrons. The van der Waals surface area contributed by atoms with Crippen molar-refractivity contribution >= 4 is 17.0 Å². The molecule has 2 N–H and O–H groups in total. The highest BCUT2D eigenvalue weighted by atomic mass is 32.2. The zero-order valence-electron chi connectivity index (χ0n) is 6.44.